The van der Waals surface area contributed by atoms with Crippen molar-refractivity contribution >= 4 is 69.9 Å². The molecular formula is C39H26S. The third kappa shape index (κ3) is 3.66. The summed E-state index contributed by atoms with van der Waals surface area (Å²) in [5, 5.41) is 10.5. The van der Waals surface area contributed by atoms with Crippen LogP contribution in [0, 0.1) is 0 Å². The van der Waals surface area contributed by atoms with E-state index in [-0.39, 0.29) is 0 Å². The second-order valence-corrected chi connectivity index (χ2v) is 11.5. The maximum absolute atomic E-state index is 2.36. The van der Waals surface area contributed by atoms with Gasteiger partial charge in [0.05, 0.1) is 0 Å². The van der Waals surface area contributed by atoms with E-state index in [4.69, 9.17) is 0 Å². The van der Waals surface area contributed by atoms with Gasteiger partial charge in [-0.2, -0.15) is 0 Å². The number of thiophene rings is 1. The molecular weight excluding hydrogens is 500 g/mol. The molecule has 1 heterocycles. The molecule has 8 rings (SSSR count). The predicted molar refractivity (Wildman–Crippen MR) is 176 cm³/mol. The van der Waals surface area contributed by atoms with Crippen LogP contribution in [0.25, 0.3) is 69.7 Å². The number of benzene rings is 7. The maximum atomic E-state index is 2.36. The summed E-state index contributed by atoms with van der Waals surface area (Å²) in [7, 11) is 0. The molecule has 0 radical (unpaired) electrons. The Morgan fingerprint density at radius 1 is 0.500 bits per heavy atom. The Morgan fingerprint density at radius 3 is 2.08 bits per heavy atom. The third-order valence-electron chi connectivity index (χ3n) is 8.13. The van der Waals surface area contributed by atoms with Crippen LogP contribution in [0.15, 0.2) is 140 Å². The molecule has 0 atom stereocenters. The molecule has 0 aliphatic carbocycles. The number of hydrogen-bond donors (Lipinski definition) is 0. The molecule has 40 heavy (non-hydrogen) atoms. The summed E-state index contributed by atoms with van der Waals surface area (Å²) >= 11 is 1.91. The molecule has 188 valence electrons. The average molecular weight is 527 g/mol. The zero-order valence-corrected chi connectivity index (χ0v) is 22.8. The molecule has 0 bridgehead atoms. The molecule has 0 unspecified atom stereocenters. The van der Waals surface area contributed by atoms with Crippen molar-refractivity contribution in [1.82, 2.24) is 0 Å². The van der Waals surface area contributed by atoms with Crippen molar-refractivity contribution in [2.24, 2.45) is 0 Å². The Bertz CT molecular complexity index is 2230. The normalized spacial score (nSPS) is 12.0. The zero-order valence-electron chi connectivity index (χ0n) is 22.0. The van der Waals surface area contributed by atoms with Crippen molar-refractivity contribution in [2.75, 3.05) is 0 Å². The van der Waals surface area contributed by atoms with Crippen molar-refractivity contribution in [3.8, 4) is 11.1 Å². The van der Waals surface area contributed by atoms with Gasteiger partial charge in [0.2, 0.25) is 0 Å². The second-order valence-electron chi connectivity index (χ2n) is 10.4. The standard InChI is InChI=1S/C39H26S/c1-2-13-27(14-3-1)37-33-20-7-6-18-30(33)31(34-25-24-26-12-4-5-17-29(26)38(34)37)21-10-15-28-16-11-22-35-32-19-8-9-23-36(32)40-39(28)35/h1-14,16-25H,15H2/b21-10+. The number of rotatable bonds is 4. The van der Waals surface area contributed by atoms with Crippen molar-refractivity contribution in [3.63, 3.8) is 0 Å². The van der Waals surface area contributed by atoms with Crippen LogP contribution >= 0.6 is 11.3 Å². The molecule has 8 aromatic rings. The zero-order chi connectivity index (χ0) is 26.5. The van der Waals surface area contributed by atoms with Gasteiger partial charge < -0.3 is 0 Å². The summed E-state index contributed by atoms with van der Waals surface area (Å²) in [5.74, 6) is 0. The first-order chi connectivity index (χ1) is 19.9. The summed E-state index contributed by atoms with van der Waals surface area (Å²) in [6.45, 7) is 0. The fraction of sp³-hybridized carbons (Fsp3) is 0.0256. The summed E-state index contributed by atoms with van der Waals surface area (Å²) in [6, 6.07) is 48.6. The van der Waals surface area contributed by atoms with Gasteiger partial charge in [0.1, 0.15) is 0 Å². The average Bonchev–Trinajstić information content (AvgIpc) is 3.41. The Kier molecular flexibility index (Phi) is 5.50. The minimum Gasteiger partial charge on any atom is -0.135 e. The molecule has 0 nitrogen and oxygen atoms in total. The van der Waals surface area contributed by atoms with E-state index in [0.717, 1.165) is 6.42 Å². The lowest BCUT2D eigenvalue weighted by molar-refractivity contribution is 1.32. The van der Waals surface area contributed by atoms with Gasteiger partial charge in [-0.25, -0.2) is 0 Å². The fourth-order valence-corrected chi connectivity index (χ4v) is 7.56. The van der Waals surface area contributed by atoms with E-state index in [0.29, 0.717) is 0 Å². The van der Waals surface area contributed by atoms with Gasteiger partial charge in [-0.1, -0.05) is 140 Å². The summed E-state index contributed by atoms with van der Waals surface area (Å²) < 4.78 is 2.75. The van der Waals surface area contributed by atoms with Crippen molar-refractivity contribution in [3.05, 3.63) is 151 Å². The van der Waals surface area contributed by atoms with E-state index in [1.54, 1.807) is 0 Å². The first-order valence-electron chi connectivity index (χ1n) is 13.8. The van der Waals surface area contributed by atoms with Gasteiger partial charge in [0.25, 0.3) is 0 Å². The van der Waals surface area contributed by atoms with E-state index in [2.05, 4.69) is 146 Å². The van der Waals surface area contributed by atoms with E-state index in [1.807, 2.05) is 11.3 Å². The van der Waals surface area contributed by atoms with Crippen molar-refractivity contribution in [2.45, 2.75) is 6.42 Å². The van der Waals surface area contributed by atoms with Gasteiger partial charge >= 0.3 is 0 Å². The summed E-state index contributed by atoms with van der Waals surface area (Å²) in [5.41, 5.74) is 5.25. The SMILES string of the molecule is C(=C\c1c2ccccc2c(-c2ccccc2)c2c1ccc1ccccc12)/Cc1cccc2c1sc1ccccc12. The number of hydrogen-bond acceptors (Lipinski definition) is 1. The lowest BCUT2D eigenvalue weighted by atomic mass is 9.86. The molecule has 0 N–H and O–H groups in total. The lowest BCUT2D eigenvalue weighted by Crippen LogP contribution is -1.91. The largest absolute Gasteiger partial charge is 0.135 e. The highest BCUT2D eigenvalue weighted by atomic mass is 32.1. The van der Waals surface area contributed by atoms with Gasteiger partial charge in [-0.3, -0.25) is 0 Å². The second kappa shape index (κ2) is 9.48. The molecule has 7 aromatic carbocycles. The van der Waals surface area contributed by atoms with E-state index < -0.39 is 0 Å². The van der Waals surface area contributed by atoms with Gasteiger partial charge in [-0.05, 0) is 67.1 Å². The summed E-state index contributed by atoms with van der Waals surface area (Å²) in [6.07, 6.45) is 5.62. The highest BCUT2D eigenvalue weighted by molar-refractivity contribution is 7.26. The first-order valence-corrected chi connectivity index (χ1v) is 14.7. The van der Waals surface area contributed by atoms with Crippen LogP contribution in [-0.4, -0.2) is 0 Å². The lowest BCUT2D eigenvalue weighted by Gasteiger charge is -2.17. The van der Waals surface area contributed by atoms with Crippen LogP contribution in [0.5, 0.6) is 0 Å². The Morgan fingerprint density at radius 2 is 1.20 bits per heavy atom. The Labute approximate surface area is 237 Å². The first kappa shape index (κ1) is 23.2. The van der Waals surface area contributed by atoms with Gasteiger partial charge in [0.15, 0.2) is 0 Å². The predicted octanol–water partition coefficient (Wildman–Crippen LogP) is 11.4. The van der Waals surface area contributed by atoms with Crippen LogP contribution in [-0.2, 0) is 6.42 Å². The van der Waals surface area contributed by atoms with Gasteiger partial charge in [0, 0.05) is 20.2 Å². The maximum Gasteiger partial charge on any atom is 0.0390 e. The van der Waals surface area contributed by atoms with Crippen molar-refractivity contribution in [1.29, 1.82) is 0 Å². The molecule has 0 spiro atoms. The van der Waals surface area contributed by atoms with E-state index >= 15 is 0 Å². The minimum absolute atomic E-state index is 0.897. The van der Waals surface area contributed by atoms with Crippen LogP contribution in [0.4, 0.5) is 0 Å². The van der Waals surface area contributed by atoms with Crippen LogP contribution < -0.4 is 0 Å². The number of allylic oxidation sites excluding steroid dienone is 1. The van der Waals surface area contributed by atoms with Crippen LogP contribution in [0.2, 0.25) is 0 Å². The highest BCUT2D eigenvalue weighted by Crippen LogP contribution is 2.43. The van der Waals surface area contributed by atoms with Gasteiger partial charge in [-0.15, -0.1) is 11.3 Å². The molecule has 0 amide bonds. The van der Waals surface area contributed by atoms with Crippen molar-refractivity contribution < 1.29 is 0 Å². The van der Waals surface area contributed by atoms with E-state index in [1.165, 1.54) is 74.7 Å². The topological polar surface area (TPSA) is 0 Å². The summed E-state index contributed by atoms with van der Waals surface area (Å²) in [4.78, 5) is 0. The molecule has 0 aliphatic heterocycles. The molecule has 0 saturated heterocycles. The number of fused-ring (bicyclic) bond motifs is 7. The quantitative estimate of drug-likeness (QED) is 0.158. The van der Waals surface area contributed by atoms with Crippen LogP contribution in [0.3, 0.4) is 0 Å². The van der Waals surface area contributed by atoms with E-state index in [9.17, 15) is 0 Å². The molecule has 0 fully saturated rings. The molecule has 1 aromatic heterocycles. The molecule has 0 aliphatic rings. The molecule has 0 saturated carbocycles. The minimum atomic E-state index is 0.897. The highest BCUT2D eigenvalue weighted by Gasteiger charge is 2.16. The van der Waals surface area contributed by atoms with Crippen LogP contribution in [0.1, 0.15) is 11.1 Å². The third-order valence-corrected chi connectivity index (χ3v) is 9.39. The Hall–Kier alpha value is -4.72. The Balaban J connectivity index is 1.36. The monoisotopic (exact) mass is 526 g/mol. The smallest absolute Gasteiger partial charge is 0.0390 e. The molecule has 1 heteroatoms. The fourth-order valence-electron chi connectivity index (χ4n) is 6.34.